The van der Waals surface area contributed by atoms with Crippen molar-refractivity contribution in [1.29, 1.82) is 0 Å². The molecule has 2 aromatic carbocycles. The first kappa shape index (κ1) is 24.1. The van der Waals surface area contributed by atoms with Crippen molar-refractivity contribution in [2.24, 2.45) is 0 Å². The van der Waals surface area contributed by atoms with Crippen LogP contribution < -0.4 is 10.2 Å². The molecule has 0 bridgehead atoms. The van der Waals surface area contributed by atoms with Crippen LogP contribution in [0.15, 0.2) is 30.3 Å². The molecular weight excluding hydrogens is 408 g/mol. The second kappa shape index (κ2) is 11.3. The van der Waals surface area contributed by atoms with Gasteiger partial charge in [0.15, 0.2) is 0 Å². The monoisotopic (exact) mass is 435 g/mol. The van der Waals surface area contributed by atoms with Crippen LogP contribution in [0.25, 0.3) is 11.1 Å². The van der Waals surface area contributed by atoms with Crippen LogP contribution >= 0.6 is 8.00 Å². The van der Waals surface area contributed by atoms with E-state index in [2.05, 4.69) is 22.2 Å². The molecule has 2 rings (SSSR count). The number of esters is 1. The van der Waals surface area contributed by atoms with E-state index in [0.29, 0.717) is 12.1 Å². The average molecular weight is 435 g/mol. The van der Waals surface area contributed by atoms with Crippen LogP contribution in [0, 0.1) is 26.6 Å². The molecule has 0 aliphatic rings. The van der Waals surface area contributed by atoms with Gasteiger partial charge in [0.1, 0.15) is 24.4 Å². The summed E-state index contributed by atoms with van der Waals surface area (Å²) in [6, 6.07) is 9.15. The lowest BCUT2D eigenvalue weighted by molar-refractivity contribution is -0.172. The predicted molar refractivity (Wildman–Crippen MR) is 114 cm³/mol. The molecule has 1 unspecified atom stereocenters. The molecule has 0 saturated heterocycles. The number of carbonyl (C=O) groups is 1. The third-order valence-electron chi connectivity index (χ3n) is 4.58. The van der Waals surface area contributed by atoms with Gasteiger partial charge in [0.25, 0.3) is 0 Å². The van der Waals surface area contributed by atoms with E-state index >= 15 is 0 Å². The van der Waals surface area contributed by atoms with Crippen molar-refractivity contribution in [2.45, 2.75) is 39.8 Å². The summed E-state index contributed by atoms with van der Waals surface area (Å²) >= 11 is 0. The number of aryl methyl sites for hydroxylation is 3. The summed E-state index contributed by atoms with van der Waals surface area (Å²) in [7, 11) is -1.03. The predicted octanol–water partition coefficient (Wildman–Crippen LogP) is 2.88. The van der Waals surface area contributed by atoms with Crippen molar-refractivity contribution in [3.8, 4) is 11.1 Å². The zero-order valence-electron chi connectivity index (χ0n) is 17.6. The maximum atomic E-state index is 13.7. The van der Waals surface area contributed by atoms with E-state index in [9.17, 15) is 19.2 Å². The minimum atomic E-state index is -2.25. The van der Waals surface area contributed by atoms with Crippen molar-refractivity contribution in [2.75, 3.05) is 13.8 Å². The van der Waals surface area contributed by atoms with Crippen LogP contribution in [0.3, 0.4) is 0 Å². The third kappa shape index (κ3) is 6.97. The number of aliphatic hydroxyl groups is 1. The molecule has 0 radical (unpaired) electrons. The van der Waals surface area contributed by atoms with Gasteiger partial charge in [-0.2, -0.15) is 4.52 Å². The average Bonchev–Trinajstić information content (AvgIpc) is 2.67. The number of nitrogens with one attached hydrogen (secondary N) is 1. The maximum Gasteiger partial charge on any atom is 0.308 e. The van der Waals surface area contributed by atoms with E-state index in [0.717, 1.165) is 33.6 Å². The maximum absolute atomic E-state index is 13.7. The van der Waals surface area contributed by atoms with Crippen LogP contribution in [-0.2, 0) is 20.6 Å². The highest BCUT2D eigenvalue weighted by atomic mass is 31.1. The number of hydrogen-bond donors (Lipinski definition) is 2. The molecule has 162 valence electrons. The number of ether oxygens (including phenoxy) is 1. The number of methoxy groups -OCH3 is 1. The van der Waals surface area contributed by atoms with Crippen molar-refractivity contribution in [3.63, 3.8) is 0 Å². The Labute approximate surface area is 177 Å². The summed E-state index contributed by atoms with van der Waals surface area (Å²) < 4.78 is 23.3. The Bertz CT molecular complexity index is 932. The van der Waals surface area contributed by atoms with Gasteiger partial charge in [0.2, 0.25) is 8.00 Å². The molecule has 2 N–H and O–H groups in total. The number of rotatable bonds is 9. The Hall–Kier alpha value is -2.15. The smallest absolute Gasteiger partial charge is 0.308 e. The highest BCUT2D eigenvalue weighted by Gasteiger charge is 2.14. The normalized spacial score (nSPS) is 12.7. The third-order valence-corrected chi connectivity index (χ3v) is 5.55. The van der Waals surface area contributed by atoms with Gasteiger partial charge in [0, 0.05) is 6.54 Å². The highest BCUT2D eigenvalue weighted by Crippen LogP contribution is 2.29. The van der Waals surface area contributed by atoms with Crippen LogP contribution in [0.4, 0.5) is 4.39 Å². The molecule has 6 nitrogen and oxygen atoms in total. The number of halogens is 1. The summed E-state index contributed by atoms with van der Waals surface area (Å²) in [5, 5.41) is 12.7. The van der Waals surface area contributed by atoms with E-state index in [1.165, 1.54) is 13.2 Å². The molecular formula is C22H27FNO5P. The molecule has 0 aliphatic heterocycles. The molecule has 0 aliphatic carbocycles. The standard InChI is InChI=1S/C22H27FNO5P/c1-14-7-15(2)20(19(8-14)17-5-6-21(23)16(3)9-17)11-24-13-29-30(27)12-18(25)10-22(26)28-4/h5-9,12,18,24-25H,10-11,13H2,1-4H3/t18-/m0/s1. The quantitative estimate of drug-likeness (QED) is 0.272. The zero-order valence-corrected chi connectivity index (χ0v) is 18.5. The van der Waals surface area contributed by atoms with E-state index in [1.807, 2.05) is 19.9 Å². The first-order valence-electron chi connectivity index (χ1n) is 9.47. The number of carbonyl (C=O) groups excluding carboxylic acids is 1. The van der Waals surface area contributed by atoms with Crippen molar-refractivity contribution < 1.29 is 28.4 Å². The van der Waals surface area contributed by atoms with E-state index in [4.69, 9.17) is 4.52 Å². The summed E-state index contributed by atoms with van der Waals surface area (Å²) in [6.45, 7) is 6.18. The molecule has 2 atom stereocenters. The fraction of sp³-hybridized carbons (Fsp3) is 0.364. The zero-order chi connectivity index (χ0) is 22.3. The summed E-state index contributed by atoms with van der Waals surface area (Å²) in [5.74, 6) is 0.224. The second-order valence-corrected chi connectivity index (χ2v) is 8.18. The fourth-order valence-corrected chi connectivity index (χ4v) is 3.77. The molecule has 8 heteroatoms. The molecule has 2 aromatic rings. The van der Waals surface area contributed by atoms with Crippen LogP contribution in [0.1, 0.15) is 28.7 Å². The Kier molecular flexibility index (Phi) is 9.08. The van der Waals surface area contributed by atoms with Gasteiger partial charge < -0.3 is 14.7 Å². The topological polar surface area (TPSA) is 90.9 Å². The first-order valence-corrected chi connectivity index (χ1v) is 10.7. The van der Waals surface area contributed by atoms with Gasteiger partial charge in [-0.1, -0.05) is 23.8 Å². The first-order chi connectivity index (χ1) is 14.2. The van der Waals surface area contributed by atoms with Gasteiger partial charge in [0.05, 0.1) is 13.5 Å². The highest BCUT2D eigenvalue weighted by molar-refractivity contribution is 7.44. The molecule has 0 spiro atoms. The number of aliphatic hydroxyl groups excluding tert-OH is 1. The SMILES string of the molecule is COC(=O)C[C@H](O)C=[P+]([O-])OCNCc1c(C)cc(C)cc1-c1ccc(F)c(C)c1. The lowest BCUT2D eigenvalue weighted by Crippen LogP contribution is -2.20. The minimum Gasteiger partial charge on any atom is -0.603 e. The summed E-state index contributed by atoms with van der Waals surface area (Å²) in [5.41, 5.74) is 5.69. The van der Waals surface area contributed by atoms with Crippen molar-refractivity contribution >= 4 is 19.8 Å². The minimum absolute atomic E-state index is 0.00809. The lowest BCUT2D eigenvalue weighted by atomic mass is 9.93. The van der Waals surface area contributed by atoms with E-state index in [-0.39, 0.29) is 19.0 Å². The Balaban J connectivity index is 2.05. The number of benzene rings is 2. The van der Waals surface area contributed by atoms with Gasteiger partial charge in [-0.05, 0) is 60.7 Å². The Morgan fingerprint density at radius 3 is 2.67 bits per heavy atom. The van der Waals surface area contributed by atoms with Gasteiger partial charge >= 0.3 is 5.97 Å². The van der Waals surface area contributed by atoms with E-state index < -0.39 is 20.1 Å². The molecule has 0 aromatic heterocycles. The van der Waals surface area contributed by atoms with Gasteiger partial charge in [-0.25, -0.2) is 4.39 Å². The van der Waals surface area contributed by atoms with Crippen molar-refractivity contribution in [3.05, 3.63) is 58.4 Å². The van der Waals surface area contributed by atoms with Gasteiger partial charge in [-0.15, -0.1) is 0 Å². The van der Waals surface area contributed by atoms with Crippen LogP contribution in [0.2, 0.25) is 0 Å². The fourth-order valence-electron chi connectivity index (χ4n) is 3.08. The summed E-state index contributed by atoms with van der Waals surface area (Å²) in [6.07, 6.45) is -1.48. The van der Waals surface area contributed by atoms with Crippen LogP contribution in [0.5, 0.6) is 0 Å². The summed E-state index contributed by atoms with van der Waals surface area (Å²) in [4.78, 5) is 23.0. The largest absolute Gasteiger partial charge is 0.603 e. The molecule has 0 heterocycles. The molecule has 30 heavy (non-hydrogen) atoms. The van der Waals surface area contributed by atoms with Gasteiger partial charge in [-0.3, -0.25) is 10.1 Å². The molecule has 0 amide bonds. The Morgan fingerprint density at radius 2 is 2.00 bits per heavy atom. The lowest BCUT2D eigenvalue weighted by Gasteiger charge is -2.16. The molecule has 0 saturated carbocycles. The molecule has 0 fully saturated rings. The van der Waals surface area contributed by atoms with Crippen molar-refractivity contribution in [1.82, 2.24) is 5.32 Å². The number of hydrogen-bond acceptors (Lipinski definition) is 6. The Morgan fingerprint density at radius 1 is 1.27 bits per heavy atom. The van der Waals surface area contributed by atoms with E-state index in [1.54, 1.807) is 13.0 Å². The van der Waals surface area contributed by atoms with Crippen LogP contribution in [-0.4, -0.2) is 36.8 Å². The second-order valence-electron chi connectivity index (χ2n) is 7.05.